The van der Waals surface area contributed by atoms with Gasteiger partial charge in [-0.1, -0.05) is 12.1 Å². The Bertz CT molecular complexity index is 1020. The molecule has 6 nitrogen and oxygen atoms in total. The number of methoxy groups -OCH3 is 1. The lowest BCUT2D eigenvalue weighted by molar-refractivity contribution is -0.131. The fraction of sp³-hybridized carbons (Fsp3) is 0.0952. The Balaban J connectivity index is 1.92. The molecule has 7 heteroatoms. The van der Waals surface area contributed by atoms with Gasteiger partial charge in [0.25, 0.3) is 5.91 Å². The minimum Gasteiger partial charge on any atom is -0.496 e. The lowest BCUT2D eigenvalue weighted by Gasteiger charge is -2.12. The molecule has 0 spiro atoms. The average Bonchev–Trinajstić information content (AvgIpc) is 2.69. The summed E-state index contributed by atoms with van der Waals surface area (Å²) in [4.78, 5) is 27.9. The molecule has 0 unspecified atom stereocenters. The SMILES string of the molecule is COc1ccc(C(=O)Nc2ccc(Br)nc2)cc1-c1cccc(OC(C)=O)c1. The van der Waals surface area contributed by atoms with Crippen molar-refractivity contribution >= 4 is 33.5 Å². The third-order valence-corrected chi connectivity index (χ3v) is 4.32. The normalized spacial score (nSPS) is 10.2. The van der Waals surface area contributed by atoms with E-state index in [2.05, 4.69) is 26.2 Å². The first-order valence-corrected chi connectivity index (χ1v) is 9.15. The topological polar surface area (TPSA) is 77.5 Å². The van der Waals surface area contributed by atoms with E-state index in [0.29, 0.717) is 32.9 Å². The van der Waals surface area contributed by atoms with Gasteiger partial charge in [-0.25, -0.2) is 4.98 Å². The van der Waals surface area contributed by atoms with E-state index in [1.54, 1.807) is 61.8 Å². The highest BCUT2D eigenvalue weighted by molar-refractivity contribution is 9.10. The summed E-state index contributed by atoms with van der Waals surface area (Å²) < 4.78 is 11.3. The highest BCUT2D eigenvalue weighted by Crippen LogP contribution is 2.33. The summed E-state index contributed by atoms with van der Waals surface area (Å²) in [5.74, 6) is 0.342. The first-order valence-electron chi connectivity index (χ1n) is 8.36. The first-order chi connectivity index (χ1) is 13.5. The number of halogens is 1. The number of anilines is 1. The number of hydrogen-bond acceptors (Lipinski definition) is 5. The predicted octanol–water partition coefficient (Wildman–Crippen LogP) is 4.70. The Labute approximate surface area is 170 Å². The minimum atomic E-state index is -0.402. The first kappa shape index (κ1) is 19.6. The van der Waals surface area contributed by atoms with Gasteiger partial charge in [-0.3, -0.25) is 9.59 Å². The van der Waals surface area contributed by atoms with Crippen molar-refractivity contribution in [3.05, 3.63) is 71.0 Å². The van der Waals surface area contributed by atoms with Crippen molar-refractivity contribution < 1.29 is 19.1 Å². The molecule has 0 aliphatic rings. The van der Waals surface area contributed by atoms with Gasteiger partial charge in [-0.15, -0.1) is 0 Å². The minimum absolute atomic E-state index is 0.274. The van der Waals surface area contributed by atoms with Crippen LogP contribution in [0.15, 0.2) is 65.4 Å². The van der Waals surface area contributed by atoms with Gasteiger partial charge in [0, 0.05) is 18.1 Å². The molecule has 0 aliphatic heterocycles. The van der Waals surface area contributed by atoms with Crippen LogP contribution in [0, 0.1) is 0 Å². The van der Waals surface area contributed by atoms with E-state index in [9.17, 15) is 9.59 Å². The predicted molar refractivity (Wildman–Crippen MR) is 110 cm³/mol. The van der Waals surface area contributed by atoms with Gasteiger partial charge in [0.05, 0.1) is 19.0 Å². The zero-order valence-electron chi connectivity index (χ0n) is 15.2. The summed E-state index contributed by atoms with van der Waals surface area (Å²) in [6.45, 7) is 1.34. The van der Waals surface area contributed by atoms with E-state index >= 15 is 0 Å². The van der Waals surface area contributed by atoms with Gasteiger partial charge in [-0.05, 0) is 64.0 Å². The van der Waals surface area contributed by atoms with Crippen LogP contribution < -0.4 is 14.8 Å². The Morgan fingerprint density at radius 3 is 2.57 bits per heavy atom. The van der Waals surface area contributed by atoms with Gasteiger partial charge in [0.1, 0.15) is 16.1 Å². The molecular weight excluding hydrogens is 424 g/mol. The van der Waals surface area contributed by atoms with E-state index in [0.717, 1.165) is 5.56 Å². The van der Waals surface area contributed by atoms with Crippen LogP contribution in [0.25, 0.3) is 11.1 Å². The van der Waals surface area contributed by atoms with Crippen LogP contribution in [0.1, 0.15) is 17.3 Å². The maximum Gasteiger partial charge on any atom is 0.308 e. The van der Waals surface area contributed by atoms with E-state index in [-0.39, 0.29) is 5.91 Å². The number of rotatable bonds is 5. The molecule has 0 saturated heterocycles. The Morgan fingerprint density at radius 1 is 1.07 bits per heavy atom. The van der Waals surface area contributed by atoms with Crippen LogP contribution >= 0.6 is 15.9 Å². The van der Waals surface area contributed by atoms with Gasteiger partial charge >= 0.3 is 5.97 Å². The lowest BCUT2D eigenvalue weighted by atomic mass is 10.0. The van der Waals surface area contributed by atoms with Crippen molar-refractivity contribution in [3.8, 4) is 22.6 Å². The average molecular weight is 441 g/mol. The molecule has 0 fully saturated rings. The highest BCUT2D eigenvalue weighted by Gasteiger charge is 2.13. The molecule has 0 saturated carbocycles. The third-order valence-electron chi connectivity index (χ3n) is 3.85. The number of nitrogens with zero attached hydrogens (tertiary/aromatic N) is 1. The second-order valence-electron chi connectivity index (χ2n) is 5.86. The number of benzene rings is 2. The van der Waals surface area contributed by atoms with Crippen molar-refractivity contribution in [2.24, 2.45) is 0 Å². The summed E-state index contributed by atoms with van der Waals surface area (Å²) in [6.07, 6.45) is 1.56. The van der Waals surface area contributed by atoms with Crippen molar-refractivity contribution in [3.63, 3.8) is 0 Å². The number of pyridine rings is 1. The van der Waals surface area contributed by atoms with Gasteiger partial charge < -0.3 is 14.8 Å². The zero-order valence-corrected chi connectivity index (χ0v) is 16.8. The second-order valence-corrected chi connectivity index (χ2v) is 6.67. The van der Waals surface area contributed by atoms with Crippen LogP contribution in [0.4, 0.5) is 5.69 Å². The van der Waals surface area contributed by atoms with Crippen LogP contribution in [0.2, 0.25) is 0 Å². The van der Waals surface area contributed by atoms with Crippen LogP contribution in [0.5, 0.6) is 11.5 Å². The summed E-state index contributed by atoms with van der Waals surface area (Å²) in [5, 5.41) is 2.81. The Hall–Kier alpha value is -3.19. The summed E-state index contributed by atoms with van der Waals surface area (Å²) in [6, 6.07) is 15.7. The molecule has 0 radical (unpaired) electrons. The standard InChI is InChI=1S/C21H17BrN2O4/c1-13(25)28-17-5-3-4-14(10-17)18-11-15(6-8-19(18)27-2)21(26)24-16-7-9-20(22)23-12-16/h3-12H,1-2H3,(H,24,26). The number of carbonyl (C=O) groups is 2. The quantitative estimate of drug-likeness (QED) is 0.353. The van der Waals surface area contributed by atoms with Gasteiger partial charge in [0.15, 0.2) is 0 Å². The molecule has 1 N–H and O–H groups in total. The molecular formula is C21H17BrN2O4. The van der Waals surface area contributed by atoms with Crippen molar-refractivity contribution in [2.75, 3.05) is 12.4 Å². The van der Waals surface area contributed by atoms with Crippen molar-refractivity contribution in [1.29, 1.82) is 0 Å². The monoisotopic (exact) mass is 440 g/mol. The molecule has 28 heavy (non-hydrogen) atoms. The molecule has 2 aromatic carbocycles. The summed E-state index contributed by atoms with van der Waals surface area (Å²) in [5.41, 5.74) is 2.51. The highest BCUT2D eigenvalue weighted by atomic mass is 79.9. The maximum atomic E-state index is 12.6. The molecule has 0 bridgehead atoms. The van der Waals surface area contributed by atoms with Crippen LogP contribution in [-0.2, 0) is 4.79 Å². The molecule has 1 amide bonds. The number of carbonyl (C=O) groups excluding carboxylic acids is 2. The number of aromatic nitrogens is 1. The van der Waals surface area contributed by atoms with Crippen molar-refractivity contribution in [1.82, 2.24) is 4.98 Å². The largest absolute Gasteiger partial charge is 0.496 e. The summed E-state index contributed by atoms with van der Waals surface area (Å²) in [7, 11) is 1.56. The van der Waals surface area contributed by atoms with E-state index in [4.69, 9.17) is 9.47 Å². The number of hydrogen-bond donors (Lipinski definition) is 1. The number of amides is 1. The maximum absolute atomic E-state index is 12.6. The Morgan fingerprint density at radius 2 is 1.89 bits per heavy atom. The molecule has 142 valence electrons. The second kappa shape index (κ2) is 8.67. The zero-order chi connectivity index (χ0) is 20.1. The molecule has 1 aromatic heterocycles. The van der Waals surface area contributed by atoms with Gasteiger partial charge in [0.2, 0.25) is 0 Å². The van der Waals surface area contributed by atoms with E-state index < -0.39 is 5.97 Å². The van der Waals surface area contributed by atoms with Crippen LogP contribution in [0.3, 0.4) is 0 Å². The number of nitrogens with one attached hydrogen (secondary N) is 1. The smallest absolute Gasteiger partial charge is 0.308 e. The van der Waals surface area contributed by atoms with Gasteiger partial charge in [-0.2, -0.15) is 0 Å². The molecule has 0 atom stereocenters. The molecule has 3 aromatic rings. The van der Waals surface area contributed by atoms with Crippen molar-refractivity contribution in [2.45, 2.75) is 6.92 Å². The van der Waals surface area contributed by atoms with Crippen LogP contribution in [-0.4, -0.2) is 24.0 Å². The molecule has 1 heterocycles. The fourth-order valence-electron chi connectivity index (χ4n) is 2.62. The molecule has 0 aliphatic carbocycles. The Kier molecular flexibility index (Phi) is 6.06. The molecule has 3 rings (SSSR count). The van der Waals surface area contributed by atoms with E-state index in [1.807, 2.05) is 6.07 Å². The third kappa shape index (κ3) is 4.75. The van der Waals surface area contributed by atoms with E-state index in [1.165, 1.54) is 6.92 Å². The summed E-state index contributed by atoms with van der Waals surface area (Å²) >= 11 is 3.26. The fourth-order valence-corrected chi connectivity index (χ4v) is 2.86. The number of esters is 1. The number of ether oxygens (including phenoxy) is 2. The lowest BCUT2D eigenvalue weighted by Crippen LogP contribution is -2.12.